The van der Waals surface area contributed by atoms with Crippen molar-refractivity contribution in [2.24, 2.45) is 0 Å². The van der Waals surface area contributed by atoms with Crippen LogP contribution in [-0.4, -0.2) is 9.97 Å². The second kappa shape index (κ2) is 2.41. The minimum Gasteiger partial charge on any atom is -0.460 e. The maximum Gasteiger partial charge on any atom is 0.197 e. The molecule has 0 fully saturated rings. The van der Waals surface area contributed by atoms with Gasteiger partial charge in [0.1, 0.15) is 11.5 Å². The number of nitrogens with zero attached hydrogens (tertiary/aromatic N) is 1. The lowest BCUT2D eigenvalue weighted by Crippen LogP contribution is -1.84. The monoisotopic (exact) mass is 163 g/mol. The fourth-order valence-corrected chi connectivity index (χ4v) is 1.04. The third-order valence-corrected chi connectivity index (χ3v) is 1.60. The molecular formula is C8H9N3O. The van der Waals surface area contributed by atoms with Crippen LogP contribution in [0.25, 0.3) is 11.5 Å². The van der Waals surface area contributed by atoms with Crippen LogP contribution >= 0.6 is 0 Å². The van der Waals surface area contributed by atoms with E-state index in [0.29, 0.717) is 5.95 Å². The highest BCUT2D eigenvalue weighted by Crippen LogP contribution is 2.19. The average Bonchev–Trinajstić information content (AvgIpc) is 2.58. The molecule has 62 valence electrons. The molecule has 0 bridgehead atoms. The Bertz CT molecular complexity index is 350. The van der Waals surface area contributed by atoms with Crippen LogP contribution in [-0.2, 0) is 0 Å². The van der Waals surface area contributed by atoms with E-state index in [4.69, 9.17) is 10.2 Å². The van der Waals surface area contributed by atoms with E-state index >= 15 is 0 Å². The number of nitrogen functional groups attached to an aromatic ring is 1. The van der Waals surface area contributed by atoms with Gasteiger partial charge in [0, 0.05) is 0 Å². The van der Waals surface area contributed by atoms with Gasteiger partial charge in [-0.05, 0) is 19.1 Å². The predicted octanol–water partition coefficient (Wildman–Crippen LogP) is 1.56. The van der Waals surface area contributed by atoms with Gasteiger partial charge in [-0.15, -0.1) is 0 Å². The van der Waals surface area contributed by atoms with Crippen molar-refractivity contribution in [2.45, 2.75) is 6.92 Å². The molecule has 0 amide bonds. The van der Waals surface area contributed by atoms with E-state index in [2.05, 4.69) is 9.97 Å². The number of imidazole rings is 1. The van der Waals surface area contributed by atoms with Crippen molar-refractivity contribution in [1.82, 2.24) is 9.97 Å². The number of nitrogens with one attached hydrogen (secondary N) is 1. The minimum absolute atomic E-state index is 0.402. The first-order valence-electron chi connectivity index (χ1n) is 3.63. The molecule has 0 saturated heterocycles. The third-order valence-electron chi connectivity index (χ3n) is 1.60. The van der Waals surface area contributed by atoms with Gasteiger partial charge >= 0.3 is 0 Å². The number of rotatable bonds is 1. The summed E-state index contributed by atoms with van der Waals surface area (Å²) in [4.78, 5) is 6.74. The second-order valence-electron chi connectivity index (χ2n) is 2.59. The van der Waals surface area contributed by atoms with E-state index in [9.17, 15) is 0 Å². The average molecular weight is 163 g/mol. The summed E-state index contributed by atoms with van der Waals surface area (Å²) < 4.78 is 5.36. The molecule has 2 heterocycles. The first-order valence-corrected chi connectivity index (χ1v) is 3.63. The second-order valence-corrected chi connectivity index (χ2v) is 2.59. The molecule has 0 aromatic carbocycles. The Kier molecular flexibility index (Phi) is 1.40. The predicted molar refractivity (Wildman–Crippen MR) is 45.4 cm³/mol. The summed E-state index contributed by atoms with van der Waals surface area (Å²) in [5.74, 6) is 2.04. The largest absolute Gasteiger partial charge is 0.460 e. The normalized spacial score (nSPS) is 10.4. The number of aromatic amines is 1. The number of anilines is 1. The zero-order valence-electron chi connectivity index (χ0n) is 6.66. The van der Waals surface area contributed by atoms with Crippen molar-refractivity contribution in [3.63, 3.8) is 0 Å². The molecule has 4 nitrogen and oxygen atoms in total. The number of aryl methyl sites for hydroxylation is 1. The van der Waals surface area contributed by atoms with Gasteiger partial charge in [0.2, 0.25) is 0 Å². The lowest BCUT2D eigenvalue weighted by Gasteiger charge is -1.88. The van der Waals surface area contributed by atoms with Gasteiger partial charge in [-0.1, -0.05) is 0 Å². The highest BCUT2D eigenvalue weighted by atomic mass is 16.3. The Labute approximate surface area is 69.4 Å². The SMILES string of the molecule is Cc1ccc(-c2cnc(N)[nH]2)o1. The summed E-state index contributed by atoms with van der Waals surface area (Å²) in [5.41, 5.74) is 6.22. The van der Waals surface area contributed by atoms with Crippen LogP contribution in [0.15, 0.2) is 22.7 Å². The molecule has 0 aliphatic rings. The van der Waals surface area contributed by atoms with Gasteiger partial charge in [-0.3, -0.25) is 0 Å². The first kappa shape index (κ1) is 6.97. The molecule has 0 unspecified atom stereocenters. The molecule has 0 radical (unpaired) electrons. The molecule has 0 aliphatic carbocycles. The van der Waals surface area contributed by atoms with Gasteiger partial charge in [0.05, 0.1) is 6.20 Å². The highest BCUT2D eigenvalue weighted by molar-refractivity contribution is 5.53. The van der Waals surface area contributed by atoms with Gasteiger partial charge in [0.15, 0.2) is 11.7 Å². The van der Waals surface area contributed by atoms with E-state index in [1.54, 1.807) is 6.20 Å². The van der Waals surface area contributed by atoms with Crippen LogP contribution in [0.1, 0.15) is 5.76 Å². The van der Waals surface area contributed by atoms with Crippen LogP contribution in [0.4, 0.5) is 5.95 Å². The maximum absolute atomic E-state index is 5.41. The van der Waals surface area contributed by atoms with Crippen LogP contribution in [0.5, 0.6) is 0 Å². The summed E-state index contributed by atoms with van der Waals surface area (Å²) in [6, 6.07) is 3.77. The number of nitrogens with two attached hydrogens (primary N) is 1. The Morgan fingerprint density at radius 2 is 2.33 bits per heavy atom. The molecule has 3 N–H and O–H groups in total. The van der Waals surface area contributed by atoms with E-state index in [-0.39, 0.29) is 0 Å². The third kappa shape index (κ3) is 1.07. The summed E-state index contributed by atoms with van der Waals surface area (Å²) in [7, 11) is 0. The van der Waals surface area contributed by atoms with E-state index in [1.165, 1.54) is 0 Å². The van der Waals surface area contributed by atoms with Crippen LogP contribution < -0.4 is 5.73 Å². The van der Waals surface area contributed by atoms with Gasteiger partial charge < -0.3 is 15.1 Å². The quantitative estimate of drug-likeness (QED) is 0.670. The first-order chi connectivity index (χ1) is 5.75. The number of H-pyrrole nitrogens is 1. The summed E-state index contributed by atoms with van der Waals surface area (Å²) >= 11 is 0. The zero-order valence-corrected chi connectivity index (χ0v) is 6.66. The Morgan fingerprint density at radius 1 is 1.50 bits per heavy atom. The number of hydrogen-bond donors (Lipinski definition) is 2. The number of hydrogen-bond acceptors (Lipinski definition) is 3. The van der Waals surface area contributed by atoms with Crippen molar-refractivity contribution in [1.29, 1.82) is 0 Å². The summed E-state index contributed by atoms with van der Waals surface area (Å²) in [5, 5.41) is 0. The number of aromatic nitrogens is 2. The highest BCUT2D eigenvalue weighted by Gasteiger charge is 2.04. The molecule has 0 saturated carbocycles. The van der Waals surface area contributed by atoms with Crippen LogP contribution in [0.3, 0.4) is 0 Å². The lowest BCUT2D eigenvalue weighted by atomic mass is 10.3. The molecule has 2 rings (SSSR count). The van der Waals surface area contributed by atoms with Crippen molar-refractivity contribution < 1.29 is 4.42 Å². The molecule has 0 spiro atoms. The minimum atomic E-state index is 0.402. The van der Waals surface area contributed by atoms with Crippen molar-refractivity contribution >= 4 is 5.95 Å². The van der Waals surface area contributed by atoms with E-state index in [1.807, 2.05) is 19.1 Å². The van der Waals surface area contributed by atoms with Crippen LogP contribution in [0.2, 0.25) is 0 Å². The smallest absolute Gasteiger partial charge is 0.197 e. The summed E-state index contributed by atoms with van der Waals surface area (Å²) in [6.07, 6.45) is 1.65. The molecule has 0 atom stereocenters. The van der Waals surface area contributed by atoms with Gasteiger partial charge in [-0.2, -0.15) is 0 Å². The molecule has 2 aromatic heterocycles. The number of furan rings is 1. The zero-order chi connectivity index (χ0) is 8.55. The molecule has 4 heteroatoms. The Morgan fingerprint density at radius 3 is 2.83 bits per heavy atom. The molecule has 0 aliphatic heterocycles. The van der Waals surface area contributed by atoms with Crippen LogP contribution in [0, 0.1) is 6.92 Å². The maximum atomic E-state index is 5.41. The van der Waals surface area contributed by atoms with E-state index < -0.39 is 0 Å². The fourth-order valence-electron chi connectivity index (χ4n) is 1.04. The Balaban J connectivity index is 2.43. The lowest BCUT2D eigenvalue weighted by molar-refractivity contribution is 0.547. The van der Waals surface area contributed by atoms with Gasteiger partial charge in [0.25, 0.3) is 0 Å². The van der Waals surface area contributed by atoms with Crippen molar-refractivity contribution in [2.75, 3.05) is 5.73 Å². The fraction of sp³-hybridized carbons (Fsp3) is 0.125. The Hall–Kier alpha value is -1.71. The molecule has 12 heavy (non-hydrogen) atoms. The molecule has 2 aromatic rings. The van der Waals surface area contributed by atoms with Crippen molar-refractivity contribution in [3.8, 4) is 11.5 Å². The van der Waals surface area contributed by atoms with E-state index in [0.717, 1.165) is 17.2 Å². The standard InChI is InChI=1S/C8H9N3O/c1-5-2-3-7(12-5)6-4-10-8(9)11-6/h2-4H,1H3,(H3,9,10,11). The molecular weight excluding hydrogens is 154 g/mol. The van der Waals surface area contributed by atoms with Crippen molar-refractivity contribution in [3.05, 3.63) is 24.1 Å². The topological polar surface area (TPSA) is 67.8 Å². The summed E-state index contributed by atoms with van der Waals surface area (Å²) in [6.45, 7) is 1.89. The van der Waals surface area contributed by atoms with Gasteiger partial charge in [-0.25, -0.2) is 4.98 Å².